The van der Waals surface area contributed by atoms with E-state index in [1.807, 2.05) is 0 Å². The number of rotatable bonds is 1. The minimum atomic E-state index is -0.586. The summed E-state index contributed by atoms with van der Waals surface area (Å²) in [7, 11) is 0. The maximum atomic E-state index is 13.7. The van der Waals surface area contributed by atoms with Crippen LogP contribution in [0, 0.1) is 11.7 Å². The van der Waals surface area contributed by atoms with Crippen molar-refractivity contribution in [1.82, 2.24) is 4.90 Å². The molecule has 1 aromatic carbocycles. The fourth-order valence-corrected chi connectivity index (χ4v) is 2.49. The molecule has 5 heteroatoms. The Bertz CT molecular complexity index is 466. The molecule has 0 N–H and O–H groups in total. The Morgan fingerprint density at radius 3 is 2.83 bits per heavy atom. The molecule has 1 saturated heterocycles. The Hall–Kier alpha value is -0.800. The summed E-state index contributed by atoms with van der Waals surface area (Å²) in [6.07, 6.45) is 0.842. The number of benzene rings is 1. The zero-order valence-electron chi connectivity index (χ0n) is 10.00. The number of hydrogen-bond donors (Lipinski definition) is 0. The van der Waals surface area contributed by atoms with E-state index in [-0.39, 0.29) is 21.9 Å². The van der Waals surface area contributed by atoms with Crippen LogP contribution in [-0.4, -0.2) is 29.3 Å². The van der Waals surface area contributed by atoms with E-state index >= 15 is 0 Å². The van der Waals surface area contributed by atoms with Gasteiger partial charge in [-0.2, -0.15) is 0 Å². The Kier molecular flexibility index (Phi) is 4.13. The van der Waals surface area contributed by atoms with E-state index in [0.717, 1.165) is 12.5 Å². The van der Waals surface area contributed by atoms with Gasteiger partial charge in [0.05, 0.1) is 10.9 Å². The molecule has 2 nitrogen and oxygen atoms in total. The Balaban J connectivity index is 2.16. The van der Waals surface area contributed by atoms with Crippen LogP contribution in [0.5, 0.6) is 0 Å². The summed E-state index contributed by atoms with van der Waals surface area (Å²) in [4.78, 5) is 13.8. The van der Waals surface area contributed by atoms with Crippen molar-refractivity contribution in [1.29, 1.82) is 0 Å². The lowest BCUT2D eigenvalue weighted by molar-refractivity contribution is 0.0697. The highest BCUT2D eigenvalue weighted by Gasteiger charge is 2.28. The van der Waals surface area contributed by atoms with Crippen LogP contribution in [0.1, 0.15) is 23.7 Å². The SMILES string of the molecule is CC1CCN(C(=O)c2ccc(Cl)cc2F)CC1Cl. The average molecular weight is 290 g/mol. The molecule has 0 radical (unpaired) electrons. The van der Waals surface area contributed by atoms with Crippen molar-refractivity contribution in [2.75, 3.05) is 13.1 Å². The van der Waals surface area contributed by atoms with Crippen LogP contribution in [0.15, 0.2) is 18.2 Å². The van der Waals surface area contributed by atoms with Gasteiger partial charge in [0.1, 0.15) is 5.82 Å². The van der Waals surface area contributed by atoms with E-state index in [1.54, 1.807) is 4.90 Å². The molecule has 0 spiro atoms. The summed E-state index contributed by atoms with van der Waals surface area (Å²) >= 11 is 11.8. The first-order chi connectivity index (χ1) is 8.49. The second kappa shape index (κ2) is 5.45. The number of alkyl halides is 1. The largest absolute Gasteiger partial charge is 0.337 e. The van der Waals surface area contributed by atoms with Crippen LogP contribution in [0.2, 0.25) is 5.02 Å². The van der Waals surface area contributed by atoms with E-state index in [1.165, 1.54) is 12.1 Å². The highest BCUT2D eigenvalue weighted by Crippen LogP contribution is 2.24. The molecule has 0 bridgehead atoms. The summed E-state index contributed by atoms with van der Waals surface area (Å²) < 4.78 is 13.7. The van der Waals surface area contributed by atoms with Gasteiger partial charge in [-0.3, -0.25) is 4.79 Å². The van der Waals surface area contributed by atoms with Crippen molar-refractivity contribution in [3.63, 3.8) is 0 Å². The van der Waals surface area contributed by atoms with Crippen LogP contribution in [0.25, 0.3) is 0 Å². The first kappa shape index (κ1) is 13.6. The summed E-state index contributed by atoms with van der Waals surface area (Å²) in [5.74, 6) is -0.523. The fourth-order valence-electron chi connectivity index (χ4n) is 2.04. The molecule has 2 unspecified atom stereocenters. The predicted octanol–water partition coefficient (Wildman–Crippen LogP) is 3.57. The monoisotopic (exact) mass is 289 g/mol. The number of hydrogen-bond acceptors (Lipinski definition) is 1. The van der Waals surface area contributed by atoms with Crippen LogP contribution >= 0.6 is 23.2 Å². The van der Waals surface area contributed by atoms with Crippen LogP contribution < -0.4 is 0 Å². The molecular weight excluding hydrogens is 276 g/mol. The topological polar surface area (TPSA) is 20.3 Å². The zero-order valence-corrected chi connectivity index (χ0v) is 11.5. The van der Waals surface area contributed by atoms with Crippen LogP contribution in [-0.2, 0) is 0 Å². The molecule has 0 aromatic heterocycles. The lowest BCUT2D eigenvalue weighted by atomic mass is 9.98. The van der Waals surface area contributed by atoms with Crippen molar-refractivity contribution < 1.29 is 9.18 Å². The van der Waals surface area contributed by atoms with Gasteiger partial charge >= 0.3 is 0 Å². The van der Waals surface area contributed by atoms with E-state index in [2.05, 4.69) is 6.92 Å². The molecule has 2 atom stereocenters. The quantitative estimate of drug-likeness (QED) is 0.724. The standard InChI is InChI=1S/C13H14Cl2FNO/c1-8-4-5-17(7-11(8)15)13(18)10-3-2-9(14)6-12(10)16/h2-3,6,8,11H,4-5,7H2,1H3. The number of likely N-dealkylation sites (tertiary alicyclic amines) is 1. The van der Waals surface area contributed by atoms with Gasteiger partial charge in [0.15, 0.2) is 0 Å². The number of nitrogens with zero attached hydrogens (tertiary/aromatic N) is 1. The summed E-state index contributed by atoms with van der Waals surface area (Å²) in [6.45, 7) is 3.14. The van der Waals surface area contributed by atoms with Crippen molar-refractivity contribution in [2.45, 2.75) is 18.7 Å². The smallest absolute Gasteiger partial charge is 0.256 e. The van der Waals surface area contributed by atoms with Gasteiger partial charge in [-0.15, -0.1) is 11.6 Å². The molecule has 18 heavy (non-hydrogen) atoms. The van der Waals surface area contributed by atoms with E-state index in [9.17, 15) is 9.18 Å². The number of piperidine rings is 1. The Labute approximate surface area is 116 Å². The molecule has 98 valence electrons. The third kappa shape index (κ3) is 2.78. The summed E-state index contributed by atoms with van der Waals surface area (Å²) in [5, 5.41) is 0.213. The maximum Gasteiger partial charge on any atom is 0.256 e. The van der Waals surface area contributed by atoms with Gasteiger partial charge in [0.2, 0.25) is 0 Å². The molecule has 1 aliphatic rings. The lowest BCUT2D eigenvalue weighted by Gasteiger charge is -2.34. The summed E-state index contributed by atoms with van der Waals surface area (Å²) in [5.41, 5.74) is 0.0535. The van der Waals surface area contributed by atoms with Crippen molar-refractivity contribution in [3.05, 3.63) is 34.6 Å². The first-order valence-electron chi connectivity index (χ1n) is 5.87. The van der Waals surface area contributed by atoms with Gasteiger partial charge in [-0.05, 0) is 30.5 Å². The van der Waals surface area contributed by atoms with Gasteiger partial charge < -0.3 is 4.90 Å². The fraction of sp³-hybridized carbons (Fsp3) is 0.462. The Morgan fingerprint density at radius 1 is 1.50 bits per heavy atom. The van der Waals surface area contributed by atoms with Crippen molar-refractivity contribution >= 4 is 29.1 Å². The minimum Gasteiger partial charge on any atom is -0.337 e. The molecule has 1 aromatic rings. The molecule has 1 fully saturated rings. The Morgan fingerprint density at radius 2 is 2.22 bits per heavy atom. The van der Waals surface area contributed by atoms with E-state index in [4.69, 9.17) is 23.2 Å². The zero-order chi connectivity index (χ0) is 13.3. The number of amides is 1. The molecule has 1 aliphatic heterocycles. The van der Waals surface area contributed by atoms with Crippen molar-refractivity contribution in [3.8, 4) is 0 Å². The lowest BCUT2D eigenvalue weighted by Crippen LogP contribution is -2.44. The molecule has 2 rings (SSSR count). The minimum absolute atomic E-state index is 0.0535. The van der Waals surface area contributed by atoms with Gasteiger partial charge in [-0.1, -0.05) is 18.5 Å². The first-order valence-corrected chi connectivity index (χ1v) is 6.69. The van der Waals surface area contributed by atoms with Gasteiger partial charge in [0.25, 0.3) is 5.91 Å². The third-order valence-corrected chi connectivity index (χ3v) is 4.12. The molecule has 1 heterocycles. The van der Waals surface area contributed by atoms with E-state index < -0.39 is 5.82 Å². The highest BCUT2D eigenvalue weighted by atomic mass is 35.5. The highest BCUT2D eigenvalue weighted by molar-refractivity contribution is 6.30. The number of halogens is 3. The molecule has 0 aliphatic carbocycles. The third-order valence-electron chi connectivity index (χ3n) is 3.32. The summed E-state index contributed by atoms with van der Waals surface area (Å²) in [6, 6.07) is 4.09. The van der Waals surface area contributed by atoms with Gasteiger partial charge in [0, 0.05) is 18.1 Å². The van der Waals surface area contributed by atoms with Crippen molar-refractivity contribution in [2.24, 2.45) is 5.92 Å². The van der Waals surface area contributed by atoms with Gasteiger partial charge in [-0.25, -0.2) is 4.39 Å². The van der Waals surface area contributed by atoms with Crippen LogP contribution in [0.3, 0.4) is 0 Å². The molecular formula is C13H14Cl2FNO. The molecule has 0 saturated carbocycles. The maximum absolute atomic E-state index is 13.7. The number of carbonyl (C=O) groups excluding carboxylic acids is 1. The predicted molar refractivity (Wildman–Crippen MR) is 70.7 cm³/mol. The molecule has 1 amide bonds. The normalized spacial score (nSPS) is 24.1. The van der Waals surface area contributed by atoms with E-state index in [0.29, 0.717) is 19.0 Å². The number of carbonyl (C=O) groups is 1. The average Bonchev–Trinajstić information content (AvgIpc) is 2.32. The van der Waals surface area contributed by atoms with Crippen LogP contribution in [0.4, 0.5) is 4.39 Å². The second-order valence-electron chi connectivity index (χ2n) is 4.66. The second-order valence-corrected chi connectivity index (χ2v) is 5.65.